The highest BCUT2D eigenvalue weighted by Crippen LogP contribution is 2.38. The van der Waals surface area contributed by atoms with Gasteiger partial charge in [0.2, 0.25) is 0 Å². The molecule has 0 amide bonds. The maximum Gasteiger partial charge on any atom is 0.417 e. The van der Waals surface area contributed by atoms with E-state index in [4.69, 9.17) is 0 Å². The number of pyridine rings is 1. The first-order valence-electron chi connectivity index (χ1n) is 7.33. The second-order valence-corrected chi connectivity index (χ2v) is 5.52. The third-order valence-electron chi connectivity index (χ3n) is 3.83. The number of aryl methyl sites for hydroxylation is 3. The van der Waals surface area contributed by atoms with Crippen LogP contribution in [0.3, 0.4) is 0 Å². The van der Waals surface area contributed by atoms with Crippen molar-refractivity contribution in [2.75, 3.05) is 0 Å². The van der Waals surface area contributed by atoms with Crippen LogP contribution in [0.4, 0.5) is 13.2 Å². The van der Waals surface area contributed by atoms with Crippen LogP contribution in [0.5, 0.6) is 0 Å². The fourth-order valence-electron chi connectivity index (χ4n) is 2.67. The van der Waals surface area contributed by atoms with Crippen LogP contribution in [0.25, 0.3) is 22.3 Å². The molecule has 0 fully saturated rings. The van der Waals surface area contributed by atoms with Crippen molar-refractivity contribution in [1.82, 2.24) is 14.8 Å². The third-order valence-corrected chi connectivity index (χ3v) is 3.83. The van der Waals surface area contributed by atoms with Crippen molar-refractivity contribution in [3.8, 4) is 11.3 Å². The van der Waals surface area contributed by atoms with Crippen molar-refractivity contribution >= 4 is 11.0 Å². The van der Waals surface area contributed by atoms with E-state index in [0.29, 0.717) is 23.5 Å². The SMILES string of the molecule is CCn1nc(C)c2c(C(F)(F)F)cc(-c3ccc(C)cc3)nc21. The molecule has 0 aliphatic heterocycles. The number of rotatable bonds is 2. The number of fused-ring (bicyclic) bond motifs is 1. The van der Waals surface area contributed by atoms with E-state index in [1.54, 1.807) is 19.1 Å². The van der Waals surface area contributed by atoms with Crippen LogP contribution in [0.15, 0.2) is 30.3 Å². The van der Waals surface area contributed by atoms with Crippen molar-refractivity contribution in [3.05, 3.63) is 47.2 Å². The summed E-state index contributed by atoms with van der Waals surface area (Å²) in [6.45, 7) is 5.80. The molecule has 0 radical (unpaired) electrons. The summed E-state index contributed by atoms with van der Waals surface area (Å²) < 4.78 is 42.0. The lowest BCUT2D eigenvalue weighted by Crippen LogP contribution is -2.08. The van der Waals surface area contributed by atoms with Crippen LogP contribution in [-0.4, -0.2) is 14.8 Å². The van der Waals surface area contributed by atoms with Gasteiger partial charge in [-0.1, -0.05) is 29.8 Å². The number of benzene rings is 1. The Morgan fingerprint density at radius 2 is 1.74 bits per heavy atom. The molecule has 0 bridgehead atoms. The molecule has 2 heterocycles. The number of alkyl halides is 3. The van der Waals surface area contributed by atoms with E-state index in [1.165, 1.54) is 4.68 Å². The van der Waals surface area contributed by atoms with Gasteiger partial charge in [-0.15, -0.1) is 0 Å². The molecule has 0 spiro atoms. The number of halogens is 3. The summed E-state index contributed by atoms with van der Waals surface area (Å²) >= 11 is 0. The molecule has 0 aliphatic carbocycles. The molecule has 3 rings (SSSR count). The van der Waals surface area contributed by atoms with Crippen LogP contribution in [-0.2, 0) is 12.7 Å². The minimum absolute atomic E-state index is 0.0789. The molecule has 3 aromatic rings. The lowest BCUT2D eigenvalue weighted by molar-refractivity contribution is -0.136. The van der Waals surface area contributed by atoms with Crippen molar-refractivity contribution in [1.29, 1.82) is 0 Å². The van der Waals surface area contributed by atoms with Crippen molar-refractivity contribution < 1.29 is 13.2 Å². The molecule has 0 unspecified atom stereocenters. The Balaban J connectivity index is 2.34. The number of hydrogen-bond acceptors (Lipinski definition) is 2. The first kappa shape index (κ1) is 15.5. The van der Waals surface area contributed by atoms with Gasteiger partial charge in [0, 0.05) is 12.1 Å². The van der Waals surface area contributed by atoms with Crippen LogP contribution < -0.4 is 0 Å². The minimum atomic E-state index is -4.45. The zero-order valence-electron chi connectivity index (χ0n) is 13.1. The number of aromatic nitrogens is 3. The van der Waals surface area contributed by atoms with E-state index in [9.17, 15) is 13.2 Å². The zero-order chi connectivity index (χ0) is 16.8. The molecule has 120 valence electrons. The van der Waals surface area contributed by atoms with E-state index in [-0.39, 0.29) is 11.0 Å². The van der Waals surface area contributed by atoms with Crippen molar-refractivity contribution in [3.63, 3.8) is 0 Å². The van der Waals surface area contributed by atoms with E-state index >= 15 is 0 Å². The Bertz CT molecular complexity index is 861. The largest absolute Gasteiger partial charge is 0.417 e. The second kappa shape index (κ2) is 5.37. The van der Waals surface area contributed by atoms with E-state index in [2.05, 4.69) is 10.1 Å². The summed E-state index contributed by atoms with van der Waals surface area (Å²) in [4.78, 5) is 4.44. The lowest BCUT2D eigenvalue weighted by Gasteiger charge is -2.11. The predicted molar refractivity (Wildman–Crippen MR) is 83.1 cm³/mol. The Kier molecular flexibility index (Phi) is 3.62. The van der Waals surface area contributed by atoms with Crippen LogP contribution in [0, 0.1) is 13.8 Å². The fraction of sp³-hybridized carbons (Fsp3) is 0.294. The Hall–Kier alpha value is -2.37. The standard InChI is InChI=1S/C17H16F3N3/c1-4-23-16-15(11(3)22-23)13(17(18,19)20)9-14(21-16)12-7-5-10(2)6-8-12/h5-9H,4H2,1-3H3. The monoisotopic (exact) mass is 319 g/mol. The van der Waals surface area contributed by atoms with Crippen LogP contribution in [0.1, 0.15) is 23.7 Å². The normalized spacial score (nSPS) is 12.1. The second-order valence-electron chi connectivity index (χ2n) is 5.52. The third kappa shape index (κ3) is 2.69. The summed E-state index contributed by atoms with van der Waals surface area (Å²) in [5.74, 6) is 0. The summed E-state index contributed by atoms with van der Waals surface area (Å²) in [6, 6.07) is 8.39. The minimum Gasteiger partial charge on any atom is -0.247 e. The van der Waals surface area contributed by atoms with Gasteiger partial charge in [-0.3, -0.25) is 0 Å². The van der Waals surface area contributed by atoms with Gasteiger partial charge >= 0.3 is 6.18 Å². The molecule has 6 heteroatoms. The highest BCUT2D eigenvalue weighted by molar-refractivity contribution is 5.85. The van der Waals surface area contributed by atoms with Crippen molar-refractivity contribution in [2.45, 2.75) is 33.5 Å². The van der Waals surface area contributed by atoms with Gasteiger partial charge in [0.25, 0.3) is 0 Å². The molecular weight excluding hydrogens is 303 g/mol. The maximum absolute atomic E-state index is 13.5. The number of hydrogen-bond donors (Lipinski definition) is 0. The molecule has 23 heavy (non-hydrogen) atoms. The fourth-order valence-corrected chi connectivity index (χ4v) is 2.67. The predicted octanol–water partition coefficient (Wildman–Crippen LogP) is 4.75. The topological polar surface area (TPSA) is 30.7 Å². The average Bonchev–Trinajstić information content (AvgIpc) is 2.82. The summed E-state index contributed by atoms with van der Waals surface area (Å²) in [5.41, 5.74) is 1.94. The quantitative estimate of drug-likeness (QED) is 0.682. The van der Waals surface area contributed by atoms with Crippen LogP contribution in [0.2, 0.25) is 0 Å². The van der Waals surface area contributed by atoms with E-state index in [0.717, 1.165) is 11.6 Å². The van der Waals surface area contributed by atoms with Gasteiger partial charge < -0.3 is 0 Å². The molecule has 0 atom stereocenters. The summed E-state index contributed by atoms with van der Waals surface area (Å²) in [6.07, 6.45) is -4.45. The molecule has 0 saturated heterocycles. The zero-order valence-corrected chi connectivity index (χ0v) is 13.1. The highest BCUT2D eigenvalue weighted by Gasteiger charge is 2.35. The first-order valence-corrected chi connectivity index (χ1v) is 7.33. The summed E-state index contributed by atoms with van der Waals surface area (Å²) in [5, 5.41) is 4.26. The Labute approximate surface area is 131 Å². The van der Waals surface area contributed by atoms with Gasteiger partial charge in [0.1, 0.15) is 0 Å². The Morgan fingerprint density at radius 3 is 2.30 bits per heavy atom. The maximum atomic E-state index is 13.5. The molecule has 0 aliphatic rings. The molecule has 0 saturated carbocycles. The molecular formula is C17H16F3N3. The smallest absolute Gasteiger partial charge is 0.247 e. The molecule has 0 N–H and O–H groups in total. The summed E-state index contributed by atoms with van der Waals surface area (Å²) in [7, 11) is 0. The average molecular weight is 319 g/mol. The highest BCUT2D eigenvalue weighted by atomic mass is 19.4. The van der Waals surface area contributed by atoms with Crippen LogP contribution >= 0.6 is 0 Å². The number of nitrogens with zero attached hydrogens (tertiary/aromatic N) is 3. The van der Waals surface area contributed by atoms with Crippen molar-refractivity contribution in [2.24, 2.45) is 0 Å². The van der Waals surface area contributed by atoms with Gasteiger partial charge in [0.15, 0.2) is 5.65 Å². The van der Waals surface area contributed by atoms with E-state index < -0.39 is 11.7 Å². The Morgan fingerprint density at radius 1 is 1.09 bits per heavy atom. The molecule has 3 nitrogen and oxygen atoms in total. The molecule has 1 aromatic carbocycles. The van der Waals surface area contributed by atoms with Gasteiger partial charge in [-0.05, 0) is 26.8 Å². The lowest BCUT2D eigenvalue weighted by atomic mass is 10.0. The first-order chi connectivity index (χ1) is 10.8. The van der Waals surface area contributed by atoms with E-state index in [1.807, 2.05) is 26.0 Å². The van der Waals surface area contributed by atoms with Gasteiger partial charge in [-0.25, -0.2) is 9.67 Å². The van der Waals surface area contributed by atoms with Gasteiger partial charge in [0.05, 0.1) is 22.3 Å². The van der Waals surface area contributed by atoms with Gasteiger partial charge in [-0.2, -0.15) is 18.3 Å². The molecule has 2 aromatic heterocycles.